The highest BCUT2D eigenvalue weighted by Gasteiger charge is 2.39. The van der Waals surface area contributed by atoms with Gasteiger partial charge in [-0.3, -0.25) is 0 Å². The van der Waals surface area contributed by atoms with Crippen LogP contribution in [0, 0.1) is 0 Å². The second-order valence-corrected chi connectivity index (χ2v) is 11.6. The lowest BCUT2D eigenvalue weighted by molar-refractivity contribution is 0.212. The van der Waals surface area contributed by atoms with Crippen LogP contribution in [-0.4, -0.2) is 65.3 Å². The molecule has 1 heterocycles. The van der Waals surface area contributed by atoms with E-state index in [9.17, 15) is 16.8 Å². The smallest absolute Gasteiger partial charge is 0.247 e. The average Bonchev–Trinajstić information content (AvgIpc) is 2.72. The Bertz CT molecular complexity index is 1190. The van der Waals surface area contributed by atoms with Crippen LogP contribution >= 0.6 is 23.2 Å². The Balaban J connectivity index is 1.89. The summed E-state index contributed by atoms with van der Waals surface area (Å²) in [5.41, 5.74) is 0. The molecule has 2 aromatic carbocycles. The highest BCUT2D eigenvalue weighted by molar-refractivity contribution is 7.89. The Hall–Kier alpha value is -1.56. The lowest BCUT2D eigenvalue weighted by Gasteiger charge is -2.38. The number of sulfonamides is 2. The topological polar surface area (TPSA) is 93.2 Å². The molecule has 170 valence electrons. The quantitative estimate of drug-likeness (QED) is 0.594. The first-order chi connectivity index (χ1) is 14.5. The van der Waals surface area contributed by atoms with Crippen molar-refractivity contribution >= 4 is 43.2 Å². The van der Waals surface area contributed by atoms with Gasteiger partial charge in [0, 0.05) is 47.9 Å². The molecule has 1 saturated heterocycles. The summed E-state index contributed by atoms with van der Waals surface area (Å²) in [5.74, 6) is 0.252. The predicted molar refractivity (Wildman–Crippen MR) is 118 cm³/mol. The fourth-order valence-electron chi connectivity index (χ4n) is 3.46. The zero-order valence-corrected chi connectivity index (χ0v) is 20.2. The molecule has 0 aliphatic carbocycles. The van der Waals surface area contributed by atoms with E-state index < -0.39 is 26.1 Å². The van der Waals surface area contributed by atoms with Crippen LogP contribution in [0.25, 0.3) is 0 Å². The van der Waals surface area contributed by atoms with Crippen molar-refractivity contribution in [2.45, 2.75) is 22.8 Å². The number of methoxy groups -OCH3 is 2. The Kier molecular flexibility index (Phi) is 7.09. The zero-order valence-electron chi connectivity index (χ0n) is 17.1. The molecule has 0 saturated carbocycles. The summed E-state index contributed by atoms with van der Waals surface area (Å²) in [5, 5.41) is 0.689. The Morgan fingerprint density at radius 2 is 1.32 bits per heavy atom. The fourth-order valence-corrected chi connectivity index (χ4v) is 7.18. The highest BCUT2D eigenvalue weighted by Crippen LogP contribution is 2.34. The molecule has 1 fully saturated rings. The van der Waals surface area contributed by atoms with Gasteiger partial charge in [0.15, 0.2) is 0 Å². The van der Waals surface area contributed by atoms with E-state index in [4.69, 9.17) is 32.7 Å². The van der Waals surface area contributed by atoms with Crippen LogP contribution in [0.2, 0.25) is 10.0 Å². The van der Waals surface area contributed by atoms with Crippen molar-refractivity contribution in [1.29, 1.82) is 0 Å². The molecular weight excluding hydrogens is 487 g/mol. The first kappa shape index (κ1) is 24.1. The third kappa shape index (κ3) is 4.64. The second-order valence-electron chi connectivity index (χ2n) is 6.92. The van der Waals surface area contributed by atoms with E-state index in [1.54, 1.807) is 6.92 Å². The van der Waals surface area contributed by atoms with Gasteiger partial charge in [0.25, 0.3) is 0 Å². The molecule has 3 rings (SSSR count). The summed E-state index contributed by atoms with van der Waals surface area (Å²) >= 11 is 11.9. The maximum absolute atomic E-state index is 13.3. The van der Waals surface area contributed by atoms with Gasteiger partial charge in [0.1, 0.15) is 21.3 Å². The molecule has 0 N–H and O–H groups in total. The molecule has 1 aliphatic heterocycles. The van der Waals surface area contributed by atoms with Crippen LogP contribution in [0.4, 0.5) is 0 Å². The van der Waals surface area contributed by atoms with E-state index in [1.165, 1.54) is 59.2 Å². The lowest BCUT2D eigenvalue weighted by Crippen LogP contribution is -2.55. The minimum Gasteiger partial charge on any atom is -0.495 e. The Labute approximate surface area is 192 Å². The molecule has 0 unspecified atom stereocenters. The standard InChI is InChI=1S/C19H22Cl2N2O6S2/c1-13-12-22(30(24,25)18-6-4-14(20)10-16(18)28-2)8-9-23(13)31(26,27)19-7-5-15(21)11-17(19)29-3/h4-7,10-11,13H,8-9,12H2,1-3H3/t13-/m0/s1. The number of hydrogen-bond acceptors (Lipinski definition) is 6. The normalized spacial score (nSPS) is 18.7. The molecule has 0 bridgehead atoms. The average molecular weight is 509 g/mol. The number of rotatable bonds is 6. The zero-order chi connectivity index (χ0) is 23.0. The molecule has 8 nitrogen and oxygen atoms in total. The first-order valence-electron chi connectivity index (χ1n) is 9.21. The summed E-state index contributed by atoms with van der Waals surface area (Å²) in [6, 6.07) is 7.92. The summed E-state index contributed by atoms with van der Waals surface area (Å²) in [4.78, 5) is -0.0517. The first-order valence-corrected chi connectivity index (χ1v) is 12.8. The predicted octanol–water partition coefficient (Wildman–Crippen LogP) is 3.09. The van der Waals surface area contributed by atoms with Gasteiger partial charge in [-0.1, -0.05) is 23.2 Å². The molecule has 1 atom stereocenters. The van der Waals surface area contributed by atoms with Gasteiger partial charge < -0.3 is 9.47 Å². The highest BCUT2D eigenvalue weighted by atomic mass is 35.5. The third-order valence-corrected chi connectivity index (χ3v) is 9.41. The molecule has 0 amide bonds. The van der Waals surface area contributed by atoms with Gasteiger partial charge in [-0.2, -0.15) is 8.61 Å². The van der Waals surface area contributed by atoms with E-state index in [2.05, 4.69) is 0 Å². The van der Waals surface area contributed by atoms with Crippen molar-refractivity contribution in [2.75, 3.05) is 33.9 Å². The number of benzene rings is 2. The number of hydrogen-bond donors (Lipinski definition) is 0. The van der Waals surface area contributed by atoms with Crippen molar-refractivity contribution in [1.82, 2.24) is 8.61 Å². The fraction of sp³-hybridized carbons (Fsp3) is 0.368. The molecule has 12 heteroatoms. The number of halogens is 2. The summed E-state index contributed by atoms with van der Waals surface area (Å²) in [6.45, 7) is 1.59. The molecule has 0 aromatic heterocycles. The molecule has 2 aromatic rings. The van der Waals surface area contributed by atoms with Gasteiger partial charge in [0.05, 0.1) is 14.2 Å². The van der Waals surface area contributed by atoms with Gasteiger partial charge in [-0.25, -0.2) is 16.8 Å². The van der Waals surface area contributed by atoms with Crippen LogP contribution in [0.1, 0.15) is 6.92 Å². The van der Waals surface area contributed by atoms with Gasteiger partial charge in [-0.15, -0.1) is 0 Å². The van der Waals surface area contributed by atoms with Crippen LogP contribution in [0.3, 0.4) is 0 Å². The number of ether oxygens (including phenoxy) is 2. The van der Waals surface area contributed by atoms with Crippen molar-refractivity contribution in [3.63, 3.8) is 0 Å². The molecule has 0 spiro atoms. The van der Waals surface area contributed by atoms with Crippen LogP contribution in [0.5, 0.6) is 11.5 Å². The lowest BCUT2D eigenvalue weighted by atomic mass is 10.3. The number of piperazine rings is 1. The van der Waals surface area contributed by atoms with Crippen LogP contribution in [0.15, 0.2) is 46.2 Å². The Morgan fingerprint density at radius 3 is 1.77 bits per heavy atom. The van der Waals surface area contributed by atoms with E-state index in [1.807, 2.05) is 0 Å². The van der Waals surface area contributed by atoms with E-state index >= 15 is 0 Å². The SMILES string of the molecule is COc1cc(Cl)ccc1S(=O)(=O)N1CCN(S(=O)(=O)c2ccc(Cl)cc2OC)[C@@H](C)C1. The van der Waals surface area contributed by atoms with Gasteiger partial charge in [0.2, 0.25) is 20.0 Å². The van der Waals surface area contributed by atoms with Crippen molar-refractivity contribution in [2.24, 2.45) is 0 Å². The molecule has 1 aliphatic rings. The minimum atomic E-state index is -3.94. The maximum Gasteiger partial charge on any atom is 0.247 e. The van der Waals surface area contributed by atoms with Crippen molar-refractivity contribution < 1.29 is 26.3 Å². The van der Waals surface area contributed by atoms with Crippen molar-refractivity contribution in [3.8, 4) is 11.5 Å². The summed E-state index contributed by atoms with van der Waals surface area (Å²) in [7, 11) is -5.14. The summed E-state index contributed by atoms with van der Waals surface area (Å²) < 4.78 is 65.8. The van der Waals surface area contributed by atoms with Gasteiger partial charge >= 0.3 is 0 Å². The monoisotopic (exact) mass is 508 g/mol. The van der Waals surface area contributed by atoms with E-state index in [-0.39, 0.29) is 40.9 Å². The second kappa shape index (κ2) is 9.13. The molecule has 0 radical (unpaired) electrons. The molecular formula is C19H22Cl2N2O6S2. The van der Waals surface area contributed by atoms with E-state index in [0.717, 1.165) is 0 Å². The molecule has 31 heavy (non-hydrogen) atoms. The maximum atomic E-state index is 13.3. The third-order valence-electron chi connectivity index (χ3n) is 4.99. The van der Waals surface area contributed by atoms with Gasteiger partial charge in [-0.05, 0) is 31.2 Å². The van der Waals surface area contributed by atoms with Crippen molar-refractivity contribution in [3.05, 3.63) is 46.4 Å². The van der Waals surface area contributed by atoms with E-state index in [0.29, 0.717) is 10.0 Å². The minimum absolute atomic E-state index is 0.0202. The summed E-state index contributed by atoms with van der Waals surface area (Å²) in [6.07, 6.45) is 0. The largest absolute Gasteiger partial charge is 0.495 e. The Morgan fingerprint density at radius 1 is 0.839 bits per heavy atom. The number of nitrogens with zero attached hydrogens (tertiary/aromatic N) is 2. The van der Waals surface area contributed by atoms with Crippen LogP contribution in [-0.2, 0) is 20.0 Å². The van der Waals surface area contributed by atoms with Crippen LogP contribution < -0.4 is 9.47 Å².